The average Bonchev–Trinajstić information content (AvgIpc) is 2.04. The minimum Gasteiger partial charge on any atom is -1.00 e. The van der Waals surface area contributed by atoms with Crippen molar-refractivity contribution in [3.63, 3.8) is 0 Å². The van der Waals surface area contributed by atoms with Crippen molar-refractivity contribution in [2.75, 3.05) is 21.1 Å². The van der Waals surface area contributed by atoms with E-state index in [1.807, 2.05) is 0 Å². The Bertz CT molecular complexity index is 251. The molecule has 1 rings (SSSR count). The monoisotopic (exact) mass is 305 g/mol. The predicted molar refractivity (Wildman–Crippen MR) is 57.6 cm³/mol. The number of quaternary nitrogens is 1. The minimum absolute atomic E-state index is 0. The van der Waals surface area contributed by atoms with Crippen LogP contribution < -0.4 is 24.0 Å². The lowest BCUT2D eigenvalue weighted by molar-refractivity contribution is -0.893. The fourth-order valence-electron chi connectivity index (χ4n) is 1.23. The lowest BCUT2D eigenvalue weighted by atomic mass is 10.1. The lowest BCUT2D eigenvalue weighted by Crippen LogP contribution is -3.00. The molecule has 0 saturated heterocycles. The third-order valence-electron chi connectivity index (χ3n) is 2.70. The number of benzene rings is 1. The van der Waals surface area contributed by atoms with Gasteiger partial charge in [0, 0.05) is 6.42 Å². The molecule has 14 heavy (non-hydrogen) atoms. The fraction of sp³-hybridized carbons (Fsp3) is 0.500. The van der Waals surface area contributed by atoms with Crippen LogP contribution in [-0.2, 0) is 6.42 Å². The van der Waals surface area contributed by atoms with Crippen molar-refractivity contribution in [2.45, 2.75) is 19.4 Å². The first-order chi connectivity index (χ1) is 6.00. The highest BCUT2D eigenvalue weighted by Gasteiger charge is 2.17. The third-order valence-corrected chi connectivity index (χ3v) is 2.70. The van der Waals surface area contributed by atoms with E-state index in [0.717, 1.165) is 10.9 Å². The molecule has 0 bridgehead atoms. The summed E-state index contributed by atoms with van der Waals surface area (Å²) in [6, 6.07) is 11.4. The van der Waals surface area contributed by atoms with Crippen LogP contribution in [0.1, 0.15) is 12.5 Å². The van der Waals surface area contributed by atoms with E-state index in [-0.39, 0.29) is 24.0 Å². The maximum atomic E-state index is 2.30. The Morgan fingerprint density at radius 3 is 2.00 bits per heavy atom. The summed E-state index contributed by atoms with van der Waals surface area (Å²) in [6.07, 6.45) is 1.16. The van der Waals surface area contributed by atoms with E-state index >= 15 is 0 Å². The molecule has 1 aromatic rings. The summed E-state index contributed by atoms with van der Waals surface area (Å²) < 4.78 is 1.02. The van der Waals surface area contributed by atoms with Crippen LogP contribution in [0.5, 0.6) is 0 Å². The summed E-state index contributed by atoms with van der Waals surface area (Å²) in [5.74, 6) is 0. The van der Waals surface area contributed by atoms with Crippen LogP contribution in [0, 0.1) is 0 Å². The van der Waals surface area contributed by atoms with Crippen LogP contribution in [0.3, 0.4) is 0 Å². The molecule has 2 heteroatoms. The zero-order valence-corrected chi connectivity index (χ0v) is 11.7. The van der Waals surface area contributed by atoms with E-state index in [1.165, 1.54) is 5.56 Å². The van der Waals surface area contributed by atoms with Gasteiger partial charge < -0.3 is 28.5 Å². The van der Waals surface area contributed by atoms with Gasteiger partial charge in [0.15, 0.2) is 0 Å². The summed E-state index contributed by atoms with van der Waals surface area (Å²) >= 11 is 0. The average molecular weight is 305 g/mol. The van der Waals surface area contributed by atoms with Gasteiger partial charge in [-0.05, 0) is 12.5 Å². The van der Waals surface area contributed by atoms with Crippen molar-refractivity contribution in [3.05, 3.63) is 35.9 Å². The van der Waals surface area contributed by atoms with Gasteiger partial charge in [-0.3, -0.25) is 0 Å². The van der Waals surface area contributed by atoms with Gasteiger partial charge >= 0.3 is 0 Å². The normalized spacial score (nSPS) is 13.1. The second kappa shape index (κ2) is 5.71. The number of hydrogen-bond acceptors (Lipinski definition) is 0. The second-order valence-electron chi connectivity index (χ2n) is 4.65. The standard InChI is InChI=1S/C12H20N.HI/c1-11(13(2,3)4)10-12-8-6-5-7-9-12;/h5-9,11H,10H2,1-4H3;1H/q+1;/p-1/t11-;/m0./s1. The van der Waals surface area contributed by atoms with Crippen LogP contribution >= 0.6 is 0 Å². The van der Waals surface area contributed by atoms with E-state index in [9.17, 15) is 0 Å². The summed E-state index contributed by atoms with van der Waals surface area (Å²) in [4.78, 5) is 0. The van der Waals surface area contributed by atoms with Crippen molar-refractivity contribution in [3.8, 4) is 0 Å². The smallest absolute Gasteiger partial charge is 0.0896 e. The van der Waals surface area contributed by atoms with E-state index in [0.29, 0.717) is 6.04 Å². The SMILES string of the molecule is C[C@@H](Cc1ccccc1)[N+](C)(C)C.[I-]. The molecule has 1 atom stereocenters. The maximum absolute atomic E-state index is 2.30. The highest BCUT2D eigenvalue weighted by molar-refractivity contribution is 5.15. The van der Waals surface area contributed by atoms with Crippen LogP contribution in [-0.4, -0.2) is 31.7 Å². The molecule has 0 aliphatic carbocycles. The summed E-state index contributed by atoms with van der Waals surface area (Å²) in [6.45, 7) is 2.30. The second-order valence-corrected chi connectivity index (χ2v) is 4.65. The van der Waals surface area contributed by atoms with Gasteiger partial charge in [-0.25, -0.2) is 0 Å². The van der Waals surface area contributed by atoms with Gasteiger partial charge in [0.1, 0.15) is 0 Å². The molecule has 0 aliphatic rings. The van der Waals surface area contributed by atoms with Crippen LogP contribution in [0.2, 0.25) is 0 Å². The number of rotatable bonds is 3. The Morgan fingerprint density at radius 1 is 1.07 bits per heavy atom. The number of nitrogens with zero attached hydrogens (tertiary/aromatic N) is 1. The topological polar surface area (TPSA) is 0 Å². The van der Waals surface area contributed by atoms with Gasteiger partial charge in [0.25, 0.3) is 0 Å². The number of hydrogen-bond donors (Lipinski definition) is 0. The fourth-order valence-corrected chi connectivity index (χ4v) is 1.23. The Labute approximate surface area is 105 Å². The van der Waals surface area contributed by atoms with Crippen LogP contribution in [0.15, 0.2) is 30.3 Å². The molecule has 0 heterocycles. The van der Waals surface area contributed by atoms with Crippen LogP contribution in [0.25, 0.3) is 0 Å². The first-order valence-electron chi connectivity index (χ1n) is 4.85. The van der Waals surface area contributed by atoms with Crippen molar-refractivity contribution < 1.29 is 28.5 Å². The van der Waals surface area contributed by atoms with Crippen molar-refractivity contribution in [1.82, 2.24) is 0 Å². The predicted octanol–water partition coefficient (Wildman–Crippen LogP) is -0.672. The summed E-state index contributed by atoms with van der Waals surface area (Å²) in [5, 5.41) is 0. The zero-order chi connectivity index (χ0) is 9.90. The molecule has 0 aromatic heterocycles. The Kier molecular flexibility index (Phi) is 5.67. The molecule has 1 aromatic carbocycles. The van der Waals surface area contributed by atoms with Gasteiger partial charge in [-0.15, -0.1) is 0 Å². The third kappa shape index (κ3) is 4.42. The van der Waals surface area contributed by atoms with Gasteiger partial charge in [0.2, 0.25) is 0 Å². The molecule has 0 fully saturated rings. The lowest BCUT2D eigenvalue weighted by Gasteiger charge is -2.31. The highest BCUT2D eigenvalue weighted by atomic mass is 127. The van der Waals surface area contributed by atoms with Crippen LogP contribution in [0.4, 0.5) is 0 Å². The molecule has 0 spiro atoms. The van der Waals surface area contributed by atoms with E-state index in [1.54, 1.807) is 0 Å². The zero-order valence-electron chi connectivity index (χ0n) is 9.50. The first kappa shape index (κ1) is 13.9. The quantitative estimate of drug-likeness (QED) is 0.513. The molecule has 0 radical (unpaired) electrons. The highest BCUT2D eigenvalue weighted by Crippen LogP contribution is 2.10. The van der Waals surface area contributed by atoms with E-state index < -0.39 is 0 Å². The molecule has 80 valence electrons. The molecule has 0 N–H and O–H groups in total. The van der Waals surface area contributed by atoms with E-state index in [4.69, 9.17) is 0 Å². The molecule has 1 nitrogen and oxygen atoms in total. The maximum Gasteiger partial charge on any atom is 0.0896 e. The molecule has 0 unspecified atom stereocenters. The van der Waals surface area contributed by atoms with Crippen molar-refractivity contribution in [2.24, 2.45) is 0 Å². The summed E-state index contributed by atoms with van der Waals surface area (Å²) in [7, 11) is 6.73. The Balaban J connectivity index is 0.00000169. The number of likely N-dealkylation sites (N-methyl/N-ethyl adjacent to an activating group) is 1. The summed E-state index contributed by atoms with van der Waals surface area (Å²) in [5.41, 5.74) is 1.43. The molecule has 0 amide bonds. The molecule has 0 aliphatic heterocycles. The largest absolute Gasteiger partial charge is 1.00 e. The molecular weight excluding hydrogens is 285 g/mol. The van der Waals surface area contributed by atoms with Crippen molar-refractivity contribution in [1.29, 1.82) is 0 Å². The first-order valence-corrected chi connectivity index (χ1v) is 4.85. The van der Waals surface area contributed by atoms with Crippen molar-refractivity contribution >= 4 is 0 Å². The number of halogens is 1. The molecular formula is C12H20IN. The van der Waals surface area contributed by atoms with Gasteiger partial charge in [-0.1, -0.05) is 30.3 Å². The molecule has 0 saturated carbocycles. The Morgan fingerprint density at radius 2 is 1.57 bits per heavy atom. The van der Waals surface area contributed by atoms with E-state index in [2.05, 4.69) is 58.4 Å². The Hall–Kier alpha value is -0.0900. The minimum atomic E-state index is 0. The van der Waals surface area contributed by atoms with Gasteiger partial charge in [0.05, 0.1) is 27.2 Å². The van der Waals surface area contributed by atoms with Gasteiger partial charge in [-0.2, -0.15) is 0 Å².